The molecule has 1 fully saturated rings. The molecule has 2 heterocycles. The smallest absolute Gasteiger partial charge is 0.139 e. The number of benzene rings is 2. The van der Waals surface area contributed by atoms with Crippen LogP contribution >= 0.6 is 0 Å². The van der Waals surface area contributed by atoms with Gasteiger partial charge in [0.15, 0.2) is 0 Å². The van der Waals surface area contributed by atoms with Gasteiger partial charge in [-0.15, -0.1) is 0 Å². The molecule has 0 saturated heterocycles. The SMILES string of the molecule is CC1CCC(CNCc2ccc(-n3ccnc3)cc2)CC1.Cc1nc(N(C)C)c2ccccc2n1. The molecule has 5 rings (SSSR count). The van der Waals surface area contributed by atoms with Crippen LogP contribution in [0.15, 0.2) is 67.3 Å². The summed E-state index contributed by atoms with van der Waals surface area (Å²) in [5, 5.41) is 4.72. The van der Waals surface area contributed by atoms with E-state index in [1.54, 1.807) is 6.20 Å². The molecule has 1 N–H and O–H groups in total. The zero-order valence-electron chi connectivity index (χ0n) is 21.5. The Hall–Kier alpha value is -3.25. The van der Waals surface area contributed by atoms with Crippen LogP contribution in [0.25, 0.3) is 16.6 Å². The lowest BCUT2D eigenvalue weighted by Gasteiger charge is -2.26. The Bertz CT molecular complexity index is 1180. The molecule has 2 aromatic carbocycles. The Morgan fingerprint density at radius 3 is 2.40 bits per heavy atom. The van der Waals surface area contributed by atoms with Crippen LogP contribution in [-0.4, -0.2) is 40.2 Å². The number of nitrogens with zero attached hydrogens (tertiary/aromatic N) is 5. The van der Waals surface area contributed by atoms with E-state index in [1.165, 1.54) is 31.2 Å². The fraction of sp³-hybridized carbons (Fsp3) is 0.414. The first kappa shape index (κ1) is 24.9. The van der Waals surface area contributed by atoms with Crippen molar-refractivity contribution in [2.24, 2.45) is 11.8 Å². The van der Waals surface area contributed by atoms with E-state index in [2.05, 4.69) is 51.5 Å². The highest BCUT2D eigenvalue weighted by molar-refractivity contribution is 5.89. The molecule has 184 valence electrons. The summed E-state index contributed by atoms with van der Waals surface area (Å²) in [6.45, 7) is 6.43. The number of imidazole rings is 1. The molecule has 0 aliphatic heterocycles. The van der Waals surface area contributed by atoms with Gasteiger partial charge in [0.25, 0.3) is 0 Å². The van der Waals surface area contributed by atoms with Gasteiger partial charge in [-0.2, -0.15) is 0 Å². The lowest BCUT2D eigenvalue weighted by Crippen LogP contribution is -2.25. The van der Waals surface area contributed by atoms with E-state index < -0.39 is 0 Å². The van der Waals surface area contributed by atoms with E-state index in [0.29, 0.717) is 0 Å². The maximum absolute atomic E-state index is 4.42. The minimum atomic E-state index is 0.812. The lowest BCUT2D eigenvalue weighted by molar-refractivity contribution is 0.281. The standard InChI is InChI=1S/C18H25N3.C11H13N3/c1-15-2-4-16(5-3-15)12-20-13-17-6-8-18(9-7-17)21-11-10-19-14-21;1-8-12-10-7-5-4-6-9(10)11(13-8)14(2)3/h6-11,14-16,20H,2-5,12-13H2,1H3;4-7H,1-3H3. The molecule has 35 heavy (non-hydrogen) atoms. The third-order valence-corrected chi connectivity index (χ3v) is 6.75. The van der Waals surface area contributed by atoms with Gasteiger partial charge in [-0.3, -0.25) is 0 Å². The fourth-order valence-electron chi connectivity index (χ4n) is 4.67. The third kappa shape index (κ3) is 6.89. The zero-order chi connectivity index (χ0) is 24.6. The van der Waals surface area contributed by atoms with Crippen molar-refractivity contribution < 1.29 is 0 Å². The predicted molar refractivity (Wildman–Crippen MR) is 145 cm³/mol. The highest BCUT2D eigenvalue weighted by Crippen LogP contribution is 2.27. The van der Waals surface area contributed by atoms with Crippen molar-refractivity contribution in [2.45, 2.75) is 46.1 Å². The van der Waals surface area contributed by atoms with Crippen LogP contribution in [0.4, 0.5) is 5.82 Å². The van der Waals surface area contributed by atoms with E-state index in [4.69, 9.17) is 0 Å². The number of hydrogen-bond donors (Lipinski definition) is 1. The molecule has 0 amide bonds. The second-order valence-corrected chi connectivity index (χ2v) is 9.90. The highest BCUT2D eigenvalue weighted by atomic mass is 15.1. The molecule has 1 aliphatic carbocycles. The molecule has 0 radical (unpaired) electrons. The molecule has 1 aliphatic rings. The number of hydrogen-bond acceptors (Lipinski definition) is 5. The molecular weight excluding hydrogens is 432 g/mol. The van der Waals surface area contributed by atoms with Crippen molar-refractivity contribution in [3.8, 4) is 5.69 Å². The van der Waals surface area contributed by atoms with E-state index in [-0.39, 0.29) is 0 Å². The fourth-order valence-corrected chi connectivity index (χ4v) is 4.67. The maximum Gasteiger partial charge on any atom is 0.139 e. The maximum atomic E-state index is 4.42. The minimum Gasteiger partial charge on any atom is -0.362 e. The topological polar surface area (TPSA) is 58.9 Å². The van der Waals surface area contributed by atoms with E-state index in [1.807, 2.05) is 67.3 Å². The number of anilines is 1. The first-order valence-corrected chi connectivity index (χ1v) is 12.7. The highest BCUT2D eigenvalue weighted by Gasteiger charge is 2.17. The Morgan fingerprint density at radius 2 is 1.71 bits per heavy atom. The number of aryl methyl sites for hydroxylation is 1. The average molecular weight is 471 g/mol. The number of rotatable bonds is 6. The van der Waals surface area contributed by atoms with Gasteiger partial charge in [-0.25, -0.2) is 15.0 Å². The molecule has 0 bridgehead atoms. The molecule has 4 aromatic rings. The summed E-state index contributed by atoms with van der Waals surface area (Å²) < 4.78 is 2.03. The Kier molecular flexibility index (Phi) is 8.48. The van der Waals surface area contributed by atoms with Crippen molar-refractivity contribution in [3.05, 3.63) is 78.6 Å². The summed E-state index contributed by atoms with van der Waals surface area (Å²) in [5.74, 6) is 3.61. The van der Waals surface area contributed by atoms with Crippen LogP contribution < -0.4 is 10.2 Å². The van der Waals surface area contributed by atoms with E-state index >= 15 is 0 Å². The second kappa shape index (κ2) is 11.9. The van der Waals surface area contributed by atoms with Gasteiger partial charge in [0, 0.05) is 44.1 Å². The summed E-state index contributed by atoms with van der Waals surface area (Å²) in [4.78, 5) is 14.9. The van der Waals surface area contributed by atoms with Crippen LogP contribution in [0.1, 0.15) is 44.0 Å². The molecule has 0 spiro atoms. The number of fused-ring (bicyclic) bond motifs is 1. The quantitative estimate of drug-likeness (QED) is 0.386. The summed E-state index contributed by atoms with van der Waals surface area (Å²) in [6, 6.07) is 16.8. The van der Waals surface area contributed by atoms with Crippen LogP contribution in [-0.2, 0) is 6.54 Å². The number of para-hydroxylation sites is 1. The Balaban J connectivity index is 0.000000179. The van der Waals surface area contributed by atoms with Gasteiger partial charge in [-0.1, -0.05) is 44.0 Å². The minimum absolute atomic E-state index is 0.812. The second-order valence-electron chi connectivity index (χ2n) is 9.90. The predicted octanol–water partition coefficient (Wildman–Crippen LogP) is 5.79. The van der Waals surface area contributed by atoms with Gasteiger partial charge in [0.2, 0.25) is 0 Å². The van der Waals surface area contributed by atoms with Crippen LogP contribution in [0.2, 0.25) is 0 Å². The van der Waals surface area contributed by atoms with Crippen molar-refractivity contribution in [2.75, 3.05) is 25.5 Å². The van der Waals surface area contributed by atoms with Crippen LogP contribution in [0.3, 0.4) is 0 Å². The van der Waals surface area contributed by atoms with Crippen molar-refractivity contribution in [3.63, 3.8) is 0 Å². The average Bonchev–Trinajstić information content (AvgIpc) is 3.41. The van der Waals surface area contributed by atoms with Gasteiger partial charge >= 0.3 is 0 Å². The molecule has 6 nitrogen and oxygen atoms in total. The first-order valence-electron chi connectivity index (χ1n) is 12.7. The van der Waals surface area contributed by atoms with Crippen molar-refractivity contribution in [1.82, 2.24) is 24.8 Å². The van der Waals surface area contributed by atoms with Crippen LogP contribution in [0.5, 0.6) is 0 Å². The molecule has 1 saturated carbocycles. The van der Waals surface area contributed by atoms with Crippen LogP contribution in [0, 0.1) is 18.8 Å². The van der Waals surface area contributed by atoms with Gasteiger partial charge in [0.1, 0.15) is 11.6 Å². The normalized spacial score (nSPS) is 17.6. The lowest BCUT2D eigenvalue weighted by atomic mass is 9.83. The number of nitrogens with one attached hydrogen (secondary N) is 1. The summed E-state index contributed by atoms with van der Waals surface area (Å²) in [6.07, 6.45) is 11.2. The van der Waals surface area contributed by atoms with Gasteiger partial charge < -0.3 is 14.8 Å². The third-order valence-electron chi connectivity index (χ3n) is 6.75. The molecular formula is C29H38N6. The molecule has 6 heteroatoms. The van der Waals surface area contributed by atoms with E-state index in [9.17, 15) is 0 Å². The van der Waals surface area contributed by atoms with E-state index in [0.717, 1.165) is 53.2 Å². The monoisotopic (exact) mass is 470 g/mol. The summed E-state index contributed by atoms with van der Waals surface area (Å²) >= 11 is 0. The molecule has 0 unspecified atom stereocenters. The van der Waals surface area contributed by atoms with Gasteiger partial charge in [0.05, 0.1) is 11.8 Å². The first-order chi connectivity index (χ1) is 17.0. The van der Waals surface area contributed by atoms with Gasteiger partial charge in [-0.05, 0) is 68.0 Å². The largest absolute Gasteiger partial charge is 0.362 e. The number of aromatic nitrogens is 4. The molecule has 0 atom stereocenters. The Morgan fingerprint density at radius 1 is 0.971 bits per heavy atom. The summed E-state index contributed by atoms with van der Waals surface area (Å²) in [7, 11) is 3.99. The zero-order valence-corrected chi connectivity index (χ0v) is 21.5. The van der Waals surface area contributed by atoms with Crippen molar-refractivity contribution in [1.29, 1.82) is 0 Å². The van der Waals surface area contributed by atoms with Crippen molar-refractivity contribution >= 4 is 16.7 Å². The Labute approximate surface area is 209 Å². The summed E-state index contributed by atoms with van der Waals surface area (Å²) in [5.41, 5.74) is 3.52. The molecule has 2 aromatic heterocycles.